The Morgan fingerprint density at radius 3 is 1.83 bits per heavy atom. The molecule has 0 amide bonds. The van der Waals surface area contributed by atoms with E-state index in [0.717, 1.165) is 5.56 Å². The Labute approximate surface area is 177 Å². The predicted octanol–water partition coefficient (Wildman–Crippen LogP) is 4.26. The average molecular weight is 428 g/mol. The molecule has 1 heterocycles. The van der Waals surface area contributed by atoms with Crippen LogP contribution in [0.1, 0.15) is 26.3 Å². The summed E-state index contributed by atoms with van der Waals surface area (Å²) in [6.45, 7) is 6.24. The number of anilines is 1. The monoisotopic (exact) mass is 427 g/mol. The van der Waals surface area contributed by atoms with E-state index in [-0.39, 0.29) is 10.3 Å². The van der Waals surface area contributed by atoms with Crippen molar-refractivity contribution in [1.82, 2.24) is 9.97 Å². The first kappa shape index (κ1) is 21.6. The molecule has 0 radical (unpaired) electrons. The molecule has 3 rings (SSSR count). The van der Waals surface area contributed by atoms with Gasteiger partial charge in [-0.3, -0.25) is 4.72 Å². The lowest BCUT2D eigenvalue weighted by molar-refractivity contribution is 0.372. The molecule has 0 saturated carbocycles. The molecule has 0 aliphatic rings. The first-order valence-corrected chi connectivity index (χ1v) is 10.8. The second kappa shape index (κ2) is 8.31. The van der Waals surface area contributed by atoms with Gasteiger partial charge in [-0.05, 0) is 47.4 Å². The van der Waals surface area contributed by atoms with Crippen LogP contribution in [0, 0.1) is 0 Å². The maximum atomic E-state index is 12.7. The zero-order valence-electron chi connectivity index (χ0n) is 17.6. The molecule has 158 valence electrons. The van der Waals surface area contributed by atoms with E-state index >= 15 is 0 Å². The molecular weight excluding hydrogens is 402 g/mol. The van der Waals surface area contributed by atoms with E-state index in [1.807, 2.05) is 12.1 Å². The highest BCUT2D eigenvalue weighted by Gasteiger charge is 2.18. The third-order valence-electron chi connectivity index (χ3n) is 4.52. The van der Waals surface area contributed by atoms with Crippen LogP contribution in [0.4, 0.5) is 5.69 Å². The highest BCUT2D eigenvalue weighted by atomic mass is 32.2. The van der Waals surface area contributed by atoms with Gasteiger partial charge in [-0.25, -0.2) is 8.42 Å². The minimum Gasteiger partial charge on any atom is -0.481 e. The molecule has 30 heavy (non-hydrogen) atoms. The van der Waals surface area contributed by atoms with Gasteiger partial charge in [0.05, 0.1) is 25.2 Å². The van der Waals surface area contributed by atoms with E-state index < -0.39 is 10.0 Å². The number of hydrogen-bond acceptors (Lipinski definition) is 6. The Balaban J connectivity index is 1.81. The Hall–Kier alpha value is -3.13. The lowest BCUT2D eigenvalue weighted by Gasteiger charge is -2.19. The van der Waals surface area contributed by atoms with Crippen molar-refractivity contribution >= 4 is 15.7 Å². The van der Waals surface area contributed by atoms with Crippen LogP contribution < -0.4 is 14.2 Å². The SMILES string of the molecule is COc1cc(OC)nc(-c2ccc(NS(=O)(=O)c3ccc(C(C)(C)C)cc3)cc2)n1. The van der Waals surface area contributed by atoms with Crippen LogP contribution in [0.2, 0.25) is 0 Å². The molecule has 0 aliphatic heterocycles. The quantitative estimate of drug-likeness (QED) is 0.632. The number of hydrogen-bond donors (Lipinski definition) is 1. The standard InChI is InChI=1S/C22H25N3O4S/c1-22(2,3)16-8-12-18(13-9-16)30(26,27)25-17-10-6-15(7-11-17)21-23-19(28-4)14-20(24-21)29-5/h6-14,25H,1-5H3. The number of nitrogens with zero attached hydrogens (tertiary/aromatic N) is 2. The average Bonchev–Trinajstić information content (AvgIpc) is 2.73. The Morgan fingerprint density at radius 1 is 0.833 bits per heavy atom. The smallest absolute Gasteiger partial charge is 0.261 e. The fourth-order valence-corrected chi connectivity index (χ4v) is 3.84. The lowest BCUT2D eigenvalue weighted by Crippen LogP contribution is -2.14. The van der Waals surface area contributed by atoms with Gasteiger partial charge in [0.15, 0.2) is 5.82 Å². The van der Waals surface area contributed by atoms with Gasteiger partial charge in [-0.15, -0.1) is 0 Å². The lowest BCUT2D eigenvalue weighted by atomic mass is 9.87. The summed E-state index contributed by atoms with van der Waals surface area (Å²) in [7, 11) is -0.673. The van der Waals surface area contributed by atoms with Gasteiger partial charge >= 0.3 is 0 Å². The molecular formula is C22H25N3O4S. The number of methoxy groups -OCH3 is 2. The van der Waals surface area contributed by atoms with E-state index in [0.29, 0.717) is 28.8 Å². The second-order valence-corrected chi connectivity index (χ2v) is 9.42. The third-order valence-corrected chi connectivity index (χ3v) is 5.92. The first-order valence-electron chi connectivity index (χ1n) is 9.33. The summed E-state index contributed by atoms with van der Waals surface area (Å²) in [6, 6.07) is 15.3. The van der Waals surface area contributed by atoms with Crippen LogP contribution in [0.25, 0.3) is 11.4 Å². The van der Waals surface area contributed by atoms with E-state index in [9.17, 15) is 8.42 Å². The normalized spacial score (nSPS) is 11.8. The van der Waals surface area contributed by atoms with E-state index in [4.69, 9.17) is 9.47 Å². The minimum absolute atomic E-state index is 0.0452. The summed E-state index contributed by atoms with van der Waals surface area (Å²) in [6.07, 6.45) is 0. The van der Waals surface area contributed by atoms with Crippen LogP contribution in [0.5, 0.6) is 11.8 Å². The van der Waals surface area contributed by atoms with Gasteiger partial charge in [0.1, 0.15) is 0 Å². The first-order chi connectivity index (χ1) is 14.1. The molecule has 3 aromatic rings. The van der Waals surface area contributed by atoms with Crippen LogP contribution in [0.15, 0.2) is 59.5 Å². The molecule has 1 N–H and O–H groups in total. The van der Waals surface area contributed by atoms with Gasteiger partial charge in [0.2, 0.25) is 11.8 Å². The minimum atomic E-state index is -3.70. The second-order valence-electron chi connectivity index (χ2n) is 7.73. The van der Waals surface area contributed by atoms with Crippen LogP contribution in [-0.2, 0) is 15.4 Å². The number of nitrogens with one attached hydrogen (secondary N) is 1. The van der Waals surface area contributed by atoms with E-state index in [2.05, 4.69) is 35.5 Å². The molecule has 7 nitrogen and oxygen atoms in total. The Bertz CT molecular complexity index is 1100. The third kappa shape index (κ3) is 4.88. The van der Waals surface area contributed by atoms with Crippen molar-refractivity contribution in [2.45, 2.75) is 31.1 Å². The van der Waals surface area contributed by atoms with Crippen molar-refractivity contribution in [3.8, 4) is 23.1 Å². The fourth-order valence-electron chi connectivity index (χ4n) is 2.78. The zero-order chi connectivity index (χ0) is 21.9. The van der Waals surface area contributed by atoms with E-state index in [1.54, 1.807) is 42.5 Å². The largest absolute Gasteiger partial charge is 0.481 e. The number of aromatic nitrogens is 2. The van der Waals surface area contributed by atoms with Gasteiger partial charge in [-0.2, -0.15) is 9.97 Å². The highest BCUT2D eigenvalue weighted by molar-refractivity contribution is 7.92. The van der Waals surface area contributed by atoms with Crippen molar-refractivity contribution in [3.05, 3.63) is 60.2 Å². The van der Waals surface area contributed by atoms with Crippen LogP contribution in [0.3, 0.4) is 0 Å². The summed E-state index contributed by atoms with van der Waals surface area (Å²) >= 11 is 0. The summed E-state index contributed by atoms with van der Waals surface area (Å²) in [5.74, 6) is 1.17. The molecule has 0 spiro atoms. The molecule has 0 bridgehead atoms. The summed E-state index contributed by atoms with van der Waals surface area (Å²) < 4.78 is 38.4. The predicted molar refractivity (Wildman–Crippen MR) is 117 cm³/mol. The van der Waals surface area contributed by atoms with Crippen molar-refractivity contribution in [2.75, 3.05) is 18.9 Å². The summed E-state index contributed by atoms with van der Waals surface area (Å²) in [5, 5.41) is 0. The molecule has 1 aromatic heterocycles. The molecule has 8 heteroatoms. The van der Waals surface area contributed by atoms with Gasteiger partial charge in [-0.1, -0.05) is 32.9 Å². The van der Waals surface area contributed by atoms with Crippen LogP contribution >= 0.6 is 0 Å². The number of benzene rings is 2. The molecule has 0 saturated heterocycles. The van der Waals surface area contributed by atoms with Crippen molar-refractivity contribution < 1.29 is 17.9 Å². The van der Waals surface area contributed by atoms with E-state index in [1.165, 1.54) is 14.2 Å². The van der Waals surface area contributed by atoms with Crippen molar-refractivity contribution in [2.24, 2.45) is 0 Å². The van der Waals surface area contributed by atoms with Crippen LogP contribution in [-0.4, -0.2) is 32.6 Å². The number of ether oxygens (including phenoxy) is 2. The topological polar surface area (TPSA) is 90.4 Å². The van der Waals surface area contributed by atoms with Gasteiger partial charge in [0.25, 0.3) is 10.0 Å². The zero-order valence-corrected chi connectivity index (χ0v) is 18.4. The van der Waals surface area contributed by atoms with Gasteiger partial charge < -0.3 is 9.47 Å². The maximum Gasteiger partial charge on any atom is 0.261 e. The van der Waals surface area contributed by atoms with Crippen molar-refractivity contribution in [3.63, 3.8) is 0 Å². The molecule has 0 atom stereocenters. The number of sulfonamides is 1. The molecule has 0 fully saturated rings. The fraction of sp³-hybridized carbons (Fsp3) is 0.273. The number of rotatable bonds is 6. The summed E-state index contributed by atoms with van der Waals surface area (Å²) in [4.78, 5) is 8.80. The highest BCUT2D eigenvalue weighted by Crippen LogP contribution is 2.26. The Kier molecular flexibility index (Phi) is 5.98. The molecule has 2 aromatic carbocycles. The molecule has 0 unspecified atom stereocenters. The van der Waals surface area contributed by atoms with Crippen molar-refractivity contribution in [1.29, 1.82) is 0 Å². The Morgan fingerprint density at radius 2 is 1.37 bits per heavy atom. The van der Waals surface area contributed by atoms with Gasteiger partial charge in [0, 0.05) is 11.3 Å². The maximum absolute atomic E-state index is 12.7. The summed E-state index contributed by atoms with van der Waals surface area (Å²) in [5.41, 5.74) is 2.16. The molecule has 0 aliphatic carbocycles.